The second kappa shape index (κ2) is 7.87. The Hall–Kier alpha value is -2.47. The zero-order valence-electron chi connectivity index (χ0n) is 16.7. The molecule has 1 aromatic heterocycles. The second-order valence-electron chi connectivity index (χ2n) is 7.84. The van der Waals surface area contributed by atoms with Gasteiger partial charge < -0.3 is 4.98 Å². The van der Waals surface area contributed by atoms with Crippen LogP contribution in [-0.2, 0) is 19.3 Å². The van der Waals surface area contributed by atoms with Crippen molar-refractivity contribution in [3.05, 3.63) is 52.6 Å². The minimum atomic E-state index is -0.166. The molecule has 2 aliphatic rings. The summed E-state index contributed by atoms with van der Waals surface area (Å²) < 4.78 is 0. The van der Waals surface area contributed by atoms with Gasteiger partial charge in [-0.15, -0.1) is 0 Å². The van der Waals surface area contributed by atoms with Gasteiger partial charge >= 0.3 is 0 Å². The number of benzene rings is 1. The number of nitrogens with one attached hydrogen (secondary N) is 1. The van der Waals surface area contributed by atoms with Crippen molar-refractivity contribution in [1.82, 2.24) is 19.8 Å². The molecule has 6 heteroatoms. The van der Waals surface area contributed by atoms with Gasteiger partial charge in [0.15, 0.2) is 0 Å². The van der Waals surface area contributed by atoms with Crippen molar-refractivity contribution < 1.29 is 9.59 Å². The molecule has 0 unspecified atom stereocenters. The summed E-state index contributed by atoms with van der Waals surface area (Å²) in [5.74, 6) is -0.332. The van der Waals surface area contributed by atoms with E-state index < -0.39 is 0 Å². The largest absolute Gasteiger partial charge is 0.351 e. The van der Waals surface area contributed by atoms with Crippen LogP contribution in [0.15, 0.2) is 24.7 Å². The fourth-order valence-corrected chi connectivity index (χ4v) is 4.55. The number of imidazole rings is 1. The molecule has 1 aliphatic carbocycles. The monoisotopic (exact) mass is 380 g/mol. The minimum Gasteiger partial charge on any atom is -0.351 e. The van der Waals surface area contributed by atoms with E-state index in [1.165, 1.54) is 16.0 Å². The van der Waals surface area contributed by atoms with Crippen molar-refractivity contribution in [2.75, 3.05) is 19.6 Å². The summed E-state index contributed by atoms with van der Waals surface area (Å²) in [6, 6.07) is 4.45. The molecular weight excluding hydrogens is 352 g/mol. The summed E-state index contributed by atoms with van der Waals surface area (Å²) in [5.41, 5.74) is 4.47. The molecule has 0 fully saturated rings. The van der Waals surface area contributed by atoms with E-state index in [0.29, 0.717) is 30.1 Å². The smallest absolute Gasteiger partial charge is 0.261 e. The number of hydrogen-bond acceptors (Lipinski definition) is 4. The van der Waals surface area contributed by atoms with Crippen LogP contribution in [-0.4, -0.2) is 57.3 Å². The number of hydrogen-bond donors (Lipinski definition) is 1. The number of imide groups is 1. The first-order valence-corrected chi connectivity index (χ1v) is 10.4. The number of aromatic nitrogens is 2. The number of H-pyrrole nitrogens is 1. The third-order valence-electron chi connectivity index (χ3n) is 5.89. The van der Waals surface area contributed by atoms with Gasteiger partial charge in [-0.25, -0.2) is 4.98 Å². The van der Waals surface area contributed by atoms with Gasteiger partial charge in [-0.1, -0.05) is 13.8 Å². The molecule has 1 aliphatic heterocycles. The summed E-state index contributed by atoms with van der Waals surface area (Å²) in [6.45, 7) is 7.00. The van der Waals surface area contributed by atoms with E-state index in [1.807, 2.05) is 12.1 Å². The normalized spacial score (nSPS) is 16.3. The summed E-state index contributed by atoms with van der Waals surface area (Å²) >= 11 is 0. The SMILES string of the molecule is CCCN(CCC)C1Cc2cc3c(cc2C1)C(=O)N(CCc1c[nH]cn1)C3=O. The van der Waals surface area contributed by atoms with Crippen LogP contribution in [0.1, 0.15) is 64.2 Å². The Morgan fingerprint density at radius 2 is 1.68 bits per heavy atom. The molecule has 4 rings (SSSR count). The lowest BCUT2D eigenvalue weighted by Crippen LogP contribution is -2.37. The molecule has 1 N–H and O–H groups in total. The first kappa shape index (κ1) is 18.9. The fourth-order valence-electron chi connectivity index (χ4n) is 4.55. The van der Waals surface area contributed by atoms with Crippen LogP contribution in [0.4, 0.5) is 0 Å². The average Bonchev–Trinajstić information content (AvgIpc) is 3.39. The van der Waals surface area contributed by atoms with Gasteiger partial charge in [0.2, 0.25) is 0 Å². The van der Waals surface area contributed by atoms with Crippen molar-refractivity contribution in [2.24, 2.45) is 0 Å². The fraction of sp³-hybridized carbons (Fsp3) is 0.500. The van der Waals surface area contributed by atoms with E-state index in [0.717, 1.165) is 44.5 Å². The summed E-state index contributed by atoms with van der Waals surface area (Å²) in [6.07, 6.45) is 8.20. The highest BCUT2D eigenvalue weighted by molar-refractivity contribution is 6.21. The quantitative estimate of drug-likeness (QED) is 0.715. The molecule has 0 spiro atoms. The molecule has 2 aromatic rings. The maximum absolute atomic E-state index is 12.9. The van der Waals surface area contributed by atoms with Crippen LogP contribution in [0.2, 0.25) is 0 Å². The van der Waals surface area contributed by atoms with Gasteiger partial charge in [-0.2, -0.15) is 0 Å². The predicted molar refractivity (Wildman–Crippen MR) is 107 cm³/mol. The lowest BCUT2D eigenvalue weighted by Gasteiger charge is -2.27. The van der Waals surface area contributed by atoms with Crippen LogP contribution in [0.25, 0.3) is 0 Å². The number of nitrogens with zero attached hydrogens (tertiary/aromatic N) is 3. The van der Waals surface area contributed by atoms with Crippen LogP contribution in [0.5, 0.6) is 0 Å². The van der Waals surface area contributed by atoms with Crippen LogP contribution in [0, 0.1) is 0 Å². The number of carbonyl (C=O) groups excluding carboxylic acids is 2. The molecule has 2 heterocycles. The topological polar surface area (TPSA) is 69.3 Å². The van der Waals surface area contributed by atoms with E-state index in [4.69, 9.17) is 0 Å². The van der Waals surface area contributed by atoms with Gasteiger partial charge in [0.05, 0.1) is 23.1 Å². The third kappa shape index (κ3) is 3.37. The Kier molecular flexibility index (Phi) is 5.31. The van der Waals surface area contributed by atoms with E-state index in [-0.39, 0.29) is 11.8 Å². The zero-order valence-corrected chi connectivity index (χ0v) is 16.7. The minimum absolute atomic E-state index is 0.166. The van der Waals surface area contributed by atoms with E-state index in [9.17, 15) is 9.59 Å². The maximum Gasteiger partial charge on any atom is 0.261 e. The van der Waals surface area contributed by atoms with Gasteiger partial charge in [0.25, 0.3) is 11.8 Å². The number of amides is 2. The van der Waals surface area contributed by atoms with Crippen LogP contribution >= 0.6 is 0 Å². The van der Waals surface area contributed by atoms with Crippen LogP contribution in [0.3, 0.4) is 0 Å². The van der Waals surface area contributed by atoms with Crippen molar-refractivity contribution in [3.63, 3.8) is 0 Å². The van der Waals surface area contributed by atoms with E-state index >= 15 is 0 Å². The van der Waals surface area contributed by atoms with E-state index in [1.54, 1.807) is 12.5 Å². The van der Waals surface area contributed by atoms with Crippen molar-refractivity contribution in [3.8, 4) is 0 Å². The van der Waals surface area contributed by atoms with Gasteiger partial charge in [0, 0.05) is 25.2 Å². The van der Waals surface area contributed by atoms with Crippen LogP contribution < -0.4 is 0 Å². The average molecular weight is 380 g/mol. The standard InChI is InChI=1S/C22H28N4O2/c1-3-6-25(7-4-2)18-9-15-11-19-20(12-16(15)10-18)22(28)26(21(19)27)8-5-17-13-23-14-24-17/h11-14,18H,3-10H2,1-2H3,(H,23,24). The first-order chi connectivity index (χ1) is 13.6. The lowest BCUT2D eigenvalue weighted by atomic mass is 10.0. The summed E-state index contributed by atoms with van der Waals surface area (Å²) in [5, 5.41) is 0. The third-order valence-corrected chi connectivity index (χ3v) is 5.89. The number of fused-ring (bicyclic) bond motifs is 2. The molecule has 1 aromatic carbocycles. The molecule has 0 saturated carbocycles. The number of carbonyl (C=O) groups is 2. The Bertz CT molecular complexity index is 824. The predicted octanol–water partition coefficient (Wildman–Crippen LogP) is 2.84. The Labute approximate surface area is 165 Å². The zero-order chi connectivity index (χ0) is 19.7. The first-order valence-electron chi connectivity index (χ1n) is 10.4. The molecule has 2 amide bonds. The number of aromatic amines is 1. The maximum atomic E-state index is 12.9. The van der Waals surface area contributed by atoms with Crippen molar-refractivity contribution in [1.29, 1.82) is 0 Å². The Morgan fingerprint density at radius 1 is 1.07 bits per heavy atom. The van der Waals surface area contributed by atoms with Crippen molar-refractivity contribution >= 4 is 11.8 Å². The highest BCUT2D eigenvalue weighted by Gasteiger charge is 2.38. The molecule has 0 radical (unpaired) electrons. The van der Waals surface area contributed by atoms with Gasteiger partial charge in [0.1, 0.15) is 0 Å². The molecule has 0 saturated heterocycles. The Balaban J connectivity index is 1.51. The molecule has 28 heavy (non-hydrogen) atoms. The highest BCUT2D eigenvalue weighted by Crippen LogP contribution is 2.33. The number of rotatable bonds is 8. The van der Waals surface area contributed by atoms with Gasteiger partial charge in [-0.3, -0.25) is 19.4 Å². The Morgan fingerprint density at radius 3 is 2.18 bits per heavy atom. The van der Waals surface area contributed by atoms with Crippen molar-refractivity contribution in [2.45, 2.75) is 52.0 Å². The summed E-state index contributed by atoms with van der Waals surface area (Å²) in [7, 11) is 0. The summed E-state index contributed by atoms with van der Waals surface area (Å²) in [4.78, 5) is 36.7. The molecule has 148 valence electrons. The van der Waals surface area contributed by atoms with Gasteiger partial charge in [-0.05, 0) is 62.0 Å². The molecule has 0 atom stereocenters. The van der Waals surface area contributed by atoms with E-state index in [2.05, 4.69) is 28.7 Å². The lowest BCUT2D eigenvalue weighted by molar-refractivity contribution is 0.0655. The second-order valence-corrected chi connectivity index (χ2v) is 7.84. The highest BCUT2D eigenvalue weighted by atomic mass is 16.2. The molecular formula is C22H28N4O2. The molecule has 6 nitrogen and oxygen atoms in total. The molecule has 0 bridgehead atoms.